The van der Waals surface area contributed by atoms with Crippen molar-refractivity contribution in [2.45, 2.75) is 400 Å². The highest BCUT2D eigenvalue weighted by molar-refractivity contribution is 7.47. The zero-order chi connectivity index (χ0) is 67.7. The molecule has 0 amide bonds. The first-order chi connectivity index (χ1) is 44.5. The molecule has 0 aromatic carbocycles. The summed E-state index contributed by atoms with van der Waals surface area (Å²) in [6.07, 6.45) is 53.9. The van der Waals surface area contributed by atoms with Crippen molar-refractivity contribution in [1.29, 1.82) is 0 Å². The summed E-state index contributed by atoms with van der Waals surface area (Å²) in [7, 11) is -9.90. The minimum Gasteiger partial charge on any atom is -0.462 e. The van der Waals surface area contributed by atoms with Gasteiger partial charge in [0, 0.05) is 25.7 Å². The Labute approximate surface area is 562 Å². The number of phosphoric ester groups is 2. The van der Waals surface area contributed by atoms with Crippen molar-refractivity contribution in [3.63, 3.8) is 0 Å². The predicted octanol–water partition coefficient (Wildman–Crippen LogP) is 21.3. The van der Waals surface area contributed by atoms with Gasteiger partial charge in [0.05, 0.1) is 26.4 Å². The molecule has 546 valence electrons. The van der Waals surface area contributed by atoms with Gasteiger partial charge in [-0.25, -0.2) is 9.13 Å². The predicted molar refractivity (Wildman–Crippen MR) is 372 cm³/mol. The van der Waals surface area contributed by atoms with Gasteiger partial charge in [0.15, 0.2) is 12.2 Å². The highest BCUT2D eigenvalue weighted by Crippen LogP contribution is 2.45. The molecular weight excluding hydrogens is 1210 g/mol. The molecule has 17 nitrogen and oxygen atoms in total. The largest absolute Gasteiger partial charge is 0.472 e. The second-order valence-electron chi connectivity index (χ2n) is 26.8. The monoisotopic (exact) mass is 1350 g/mol. The fourth-order valence-corrected chi connectivity index (χ4v) is 12.8. The number of carbonyl (C=O) groups excluding carboxylic acids is 4. The van der Waals surface area contributed by atoms with Gasteiger partial charge in [-0.1, -0.05) is 330 Å². The van der Waals surface area contributed by atoms with Crippen LogP contribution >= 0.6 is 15.6 Å². The van der Waals surface area contributed by atoms with E-state index >= 15 is 0 Å². The molecule has 0 saturated heterocycles. The lowest BCUT2D eigenvalue weighted by atomic mass is 10.0. The van der Waals surface area contributed by atoms with Crippen molar-refractivity contribution in [2.24, 2.45) is 5.92 Å². The van der Waals surface area contributed by atoms with Gasteiger partial charge in [-0.15, -0.1) is 0 Å². The highest BCUT2D eigenvalue weighted by atomic mass is 31.2. The summed E-state index contributed by atoms with van der Waals surface area (Å²) in [5, 5.41) is 10.6. The maximum atomic E-state index is 13.1. The minimum atomic E-state index is -4.95. The van der Waals surface area contributed by atoms with Crippen LogP contribution in [0.2, 0.25) is 0 Å². The number of phosphoric acid groups is 2. The molecular formula is C73H142O17P2. The van der Waals surface area contributed by atoms with E-state index in [9.17, 15) is 43.2 Å². The molecule has 0 aromatic heterocycles. The van der Waals surface area contributed by atoms with Crippen molar-refractivity contribution in [3.8, 4) is 0 Å². The normalized spacial score (nSPS) is 14.0. The lowest BCUT2D eigenvalue weighted by molar-refractivity contribution is -0.161. The van der Waals surface area contributed by atoms with Crippen molar-refractivity contribution >= 4 is 39.5 Å². The first-order valence-electron chi connectivity index (χ1n) is 38.1. The van der Waals surface area contributed by atoms with Crippen LogP contribution in [0.1, 0.15) is 381 Å². The number of unbranched alkanes of at least 4 members (excludes halogenated alkanes) is 45. The smallest absolute Gasteiger partial charge is 0.462 e. The number of ether oxygens (including phenoxy) is 4. The molecule has 0 aromatic rings. The molecule has 5 atom stereocenters. The van der Waals surface area contributed by atoms with Gasteiger partial charge in [-0.2, -0.15) is 0 Å². The Balaban J connectivity index is 5.26. The van der Waals surface area contributed by atoms with Crippen LogP contribution in [-0.4, -0.2) is 96.7 Å². The number of hydrogen-bond donors (Lipinski definition) is 3. The minimum absolute atomic E-state index is 0.107. The number of hydrogen-bond acceptors (Lipinski definition) is 15. The van der Waals surface area contributed by atoms with E-state index in [0.29, 0.717) is 25.7 Å². The Morgan fingerprint density at radius 2 is 0.500 bits per heavy atom. The lowest BCUT2D eigenvalue weighted by Gasteiger charge is -2.21. The third-order valence-electron chi connectivity index (χ3n) is 17.0. The van der Waals surface area contributed by atoms with Crippen LogP contribution in [-0.2, 0) is 65.4 Å². The quantitative estimate of drug-likeness (QED) is 0.0222. The molecule has 3 N–H and O–H groups in total. The SMILES string of the molecule is CCCCCCCCCCCCCCCCC(=O)OC[C@H](COP(=O)(O)OC[C@@H](O)COP(=O)(O)OC[C@@H](COC(=O)CCCCCCCCCCCCC)OC(=O)CCCCCCCCCCCCCCC)OC(=O)CCCCCCCCCCCCCC(C)C. The maximum absolute atomic E-state index is 13.1. The van der Waals surface area contributed by atoms with Crippen molar-refractivity contribution in [3.05, 3.63) is 0 Å². The number of aliphatic hydroxyl groups is 1. The molecule has 0 fully saturated rings. The summed E-state index contributed by atoms with van der Waals surface area (Å²) in [4.78, 5) is 72.7. The van der Waals surface area contributed by atoms with Crippen LogP contribution < -0.4 is 0 Å². The summed E-state index contributed by atoms with van der Waals surface area (Å²) >= 11 is 0. The summed E-state index contributed by atoms with van der Waals surface area (Å²) < 4.78 is 68.4. The summed E-state index contributed by atoms with van der Waals surface area (Å²) in [6, 6.07) is 0. The second kappa shape index (κ2) is 66.3. The van der Waals surface area contributed by atoms with Crippen molar-refractivity contribution < 1.29 is 80.2 Å². The Bertz CT molecular complexity index is 1770. The van der Waals surface area contributed by atoms with E-state index in [1.54, 1.807) is 0 Å². The summed E-state index contributed by atoms with van der Waals surface area (Å²) in [6.45, 7) is 7.28. The van der Waals surface area contributed by atoms with Crippen molar-refractivity contribution in [1.82, 2.24) is 0 Å². The van der Waals surface area contributed by atoms with E-state index in [4.69, 9.17) is 37.0 Å². The maximum Gasteiger partial charge on any atom is 0.472 e. The standard InChI is InChI=1S/C73H142O17P2/c1-6-9-12-15-18-21-24-26-28-32-37-42-47-52-57-71(76)84-63-69(90-73(78)59-54-49-44-39-34-29-31-35-40-45-50-55-66(4)5)65-88-92(81,82)86-61-67(74)60-85-91(79,80)87-64-68(62-83-70(75)56-51-46-41-36-30-23-20-17-14-11-8-3)89-72(77)58-53-48-43-38-33-27-25-22-19-16-13-10-7-2/h66-69,74H,6-65H2,1-5H3,(H,79,80)(H,81,82)/t67-,68+,69+/m0/s1. The zero-order valence-electron chi connectivity index (χ0n) is 59.7. The van der Waals surface area contributed by atoms with Crippen LogP contribution in [0.5, 0.6) is 0 Å². The van der Waals surface area contributed by atoms with E-state index in [1.807, 2.05) is 0 Å². The van der Waals surface area contributed by atoms with Crippen LogP contribution in [0.3, 0.4) is 0 Å². The van der Waals surface area contributed by atoms with Gasteiger partial charge >= 0.3 is 39.5 Å². The number of carbonyl (C=O) groups is 4. The molecule has 92 heavy (non-hydrogen) atoms. The van der Waals surface area contributed by atoms with Gasteiger partial charge in [-0.3, -0.25) is 37.3 Å². The number of aliphatic hydroxyl groups excluding tert-OH is 1. The highest BCUT2D eigenvalue weighted by Gasteiger charge is 2.30. The molecule has 0 aliphatic carbocycles. The Morgan fingerprint density at radius 1 is 0.293 bits per heavy atom. The first kappa shape index (κ1) is 90.1. The van der Waals surface area contributed by atoms with Gasteiger partial charge in [0.25, 0.3) is 0 Å². The number of rotatable bonds is 73. The Morgan fingerprint density at radius 3 is 0.739 bits per heavy atom. The molecule has 0 spiro atoms. The Kier molecular flexibility index (Phi) is 64.9. The second-order valence-corrected chi connectivity index (χ2v) is 29.7. The molecule has 0 radical (unpaired) electrons. The molecule has 19 heteroatoms. The summed E-state index contributed by atoms with van der Waals surface area (Å²) in [5.41, 5.74) is 0. The average Bonchev–Trinajstić information content (AvgIpc) is 2.89. The van der Waals surface area contributed by atoms with E-state index in [2.05, 4.69) is 34.6 Å². The van der Waals surface area contributed by atoms with Gasteiger partial charge in [0.1, 0.15) is 19.3 Å². The van der Waals surface area contributed by atoms with E-state index in [-0.39, 0.29) is 25.7 Å². The third-order valence-corrected chi connectivity index (χ3v) is 18.9. The number of esters is 4. The topological polar surface area (TPSA) is 237 Å². The van der Waals surface area contributed by atoms with Crippen LogP contribution in [0.4, 0.5) is 0 Å². The molecule has 0 saturated carbocycles. The fourth-order valence-electron chi connectivity index (χ4n) is 11.2. The van der Waals surface area contributed by atoms with Crippen molar-refractivity contribution in [2.75, 3.05) is 39.6 Å². The van der Waals surface area contributed by atoms with Crippen LogP contribution in [0.25, 0.3) is 0 Å². The molecule has 2 unspecified atom stereocenters. The average molecular weight is 1350 g/mol. The first-order valence-corrected chi connectivity index (χ1v) is 41.1. The van der Waals surface area contributed by atoms with E-state index in [1.165, 1.54) is 205 Å². The van der Waals surface area contributed by atoms with Gasteiger partial charge in [0.2, 0.25) is 0 Å². The molecule has 0 aliphatic rings. The fraction of sp³-hybridized carbons (Fsp3) is 0.945. The van der Waals surface area contributed by atoms with E-state index in [0.717, 1.165) is 95.8 Å². The molecule has 0 rings (SSSR count). The lowest BCUT2D eigenvalue weighted by Crippen LogP contribution is -2.30. The van der Waals surface area contributed by atoms with Crippen LogP contribution in [0, 0.1) is 5.92 Å². The zero-order valence-corrected chi connectivity index (χ0v) is 61.5. The summed E-state index contributed by atoms with van der Waals surface area (Å²) in [5.74, 6) is -1.35. The van der Waals surface area contributed by atoms with Crippen LogP contribution in [0.15, 0.2) is 0 Å². The third kappa shape index (κ3) is 66.7. The molecule has 0 heterocycles. The van der Waals surface area contributed by atoms with Gasteiger partial charge in [-0.05, 0) is 31.6 Å². The Hall–Kier alpha value is -1.94. The van der Waals surface area contributed by atoms with Gasteiger partial charge < -0.3 is 33.8 Å². The molecule has 0 bridgehead atoms. The van der Waals surface area contributed by atoms with E-state index < -0.39 is 97.5 Å². The molecule has 0 aliphatic heterocycles.